The molecule has 1 rings (SSSR count). The zero-order valence-corrected chi connectivity index (χ0v) is 6.72. The molecule has 0 aromatic rings. The molecular weight excluding hydrogens is 142 g/mol. The zero-order valence-electron chi connectivity index (χ0n) is 6.72. The number of rotatable bonds is 4. The Morgan fingerprint density at radius 2 is 2.45 bits per heavy atom. The van der Waals surface area contributed by atoms with Crippen molar-refractivity contribution in [2.75, 3.05) is 13.7 Å². The van der Waals surface area contributed by atoms with Gasteiger partial charge in [0, 0.05) is 6.54 Å². The van der Waals surface area contributed by atoms with Crippen LogP contribution in [0.4, 0.5) is 0 Å². The lowest BCUT2D eigenvalue weighted by molar-refractivity contribution is -0.144. The smallest absolute Gasteiger partial charge is 0.326 e. The minimum atomic E-state index is -0.372. The highest BCUT2D eigenvalue weighted by atomic mass is 16.5. The van der Waals surface area contributed by atoms with Gasteiger partial charge in [0.2, 0.25) is 0 Å². The van der Waals surface area contributed by atoms with E-state index in [1.165, 1.54) is 7.11 Å². The largest absolute Gasteiger partial charge is 0.468 e. The standard InChI is InChI=1S/C8H13NO2/c1-3-6-9-8(4-5-8)7(10)11-2/h3,9H,1,4-6H2,2H3. The minimum Gasteiger partial charge on any atom is -0.468 e. The summed E-state index contributed by atoms with van der Waals surface area (Å²) < 4.78 is 4.64. The van der Waals surface area contributed by atoms with E-state index in [-0.39, 0.29) is 11.5 Å². The Labute approximate surface area is 66.4 Å². The molecule has 0 bridgehead atoms. The molecule has 0 aliphatic heterocycles. The van der Waals surface area contributed by atoms with Gasteiger partial charge < -0.3 is 4.74 Å². The summed E-state index contributed by atoms with van der Waals surface area (Å²) in [5.41, 5.74) is -0.372. The van der Waals surface area contributed by atoms with Gasteiger partial charge in [-0.2, -0.15) is 0 Å². The molecule has 0 spiro atoms. The summed E-state index contributed by atoms with van der Waals surface area (Å²) in [7, 11) is 1.41. The Bertz CT molecular complexity index is 173. The van der Waals surface area contributed by atoms with Crippen LogP contribution in [0.15, 0.2) is 12.7 Å². The van der Waals surface area contributed by atoms with E-state index in [1.807, 2.05) is 0 Å². The topological polar surface area (TPSA) is 38.3 Å². The number of hydrogen-bond donors (Lipinski definition) is 1. The Hall–Kier alpha value is -0.830. The van der Waals surface area contributed by atoms with Crippen molar-refractivity contribution < 1.29 is 9.53 Å². The quantitative estimate of drug-likeness (QED) is 0.473. The highest BCUT2D eigenvalue weighted by Crippen LogP contribution is 2.36. The van der Waals surface area contributed by atoms with Crippen LogP contribution in [0.25, 0.3) is 0 Å². The first-order valence-electron chi connectivity index (χ1n) is 3.69. The molecule has 0 aromatic carbocycles. The van der Waals surface area contributed by atoms with Gasteiger partial charge in [0.25, 0.3) is 0 Å². The molecule has 3 nitrogen and oxygen atoms in total. The highest BCUT2D eigenvalue weighted by Gasteiger charge is 2.50. The second-order valence-corrected chi connectivity index (χ2v) is 2.74. The monoisotopic (exact) mass is 155 g/mol. The zero-order chi connectivity index (χ0) is 8.32. The number of ether oxygens (including phenoxy) is 1. The number of esters is 1. The van der Waals surface area contributed by atoms with Crippen LogP contribution < -0.4 is 5.32 Å². The van der Waals surface area contributed by atoms with Gasteiger partial charge in [-0.25, -0.2) is 0 Å². The lowest BCUT2D eigenvalue weighted by atomic mass is 10.3. The molecule has 0 saturated heterocycles. The molecule has 1 aliphatic carbocycles. The van der Waals surface area contributed by atoms with Crippen molar-refractivity contribution in [1.82, 2.24) is 5.32 Å². The van der Waals surface area contributed by atoms with Crippen LogP contribution in [-0.4, -0.2) is 25.2 Å². The van der Waals surface area contributed by atoms with Crippen LogP contribution in [0.3, 0.4) is 0 Å². The summed E-state index contributed by atoms with van der Waals surface area (Å²) in [5, 5.41) is 3.08. The third kappa shape index (κ3) is 1.60. The summed E-state index contributed by atoms with van der Waals surface area (Å²) in [6, 6.07) is 0. The van der Waals surface area contributed by atoms with Crippen molar-refractivity contribution in [3.05, 3.63) is 12.7 Å². The van der Waals surface area contributed by atoms with Gasteiger partial charge >= 0.3 is 5.97 Å². The van der Waals surface area contributed by atoms with E-state index in [2.05, 4.69) is 16.6 Å². The highest BCUT2D eigenvalue weighted by molar-refractivity contribution is 5.84. The summed E-state index contributed by atoms with van der Waals surface area (Å²) >= 11 is 0. The van der Waals surface area contributed by atoms with Gasteiger partial charge in [-0.3, -0.25) is 10.1 Å². The van der Waals surface area contributed by atoms with E-state index < -0.39 is 0 Å². The maximum Gasteiger partial charge on any atom is 0.326 e. The number of nitrogens with one attached hydrogen (secondary N) is 1. The third-order valence-corrected chi connectivity index (χ3v) is 1.91. The van der Waals surface area contributed by atoms with E-state index in [1.54, 1.807) is 6.08 Å². The lowest BCUT2D eigenvalue weighted by Crippen LogP contribution is -2.40. The summed E-state index contributed by atoms with van der Waals surface area (Å²) in [4.78, 5) is 11.1. The van der Waals surface area contributed by atoms with Crippen molar-refractivity contribution in [3.63, 3.8) is 0 Å². The van der Waals surface area contributed by atoms with Crippen molar-refractivity contribution in [2.45, 2.75) is 18.4 Å². The average molecular weight is 155 g/mol. The first-order valence-corrected chi connectivity index (χ1v) is 3.69. The van der Waals surface area contributed by atoms with Gasteiger partial charge in [-0.15, -0.1) is 6.58 Å². The van der Waals surface area contributed by atoms with Crippen molar-refractivity contribution in [3.8, 4) is 0 Å². The molecule has 1 fully saturated rings. The normalized spacial score (nSPS) is 19.0. The second-order valence-electron chi connectivity index (χ2n) is 2.74. The number of carbonyl (C=O) groups excluding carboxylic acids is 1. The number of methoxy groups -OCH3 is 1. The minimum absolute atomic E-state index is 0.153. The van der Waals surface area contributed by atoms with Crippen molar-refractivity contribution in [1.29, 1.82) is 0 Å². The summed E-state index contributed by atoms with van der Waals surface area (Å²) in [6.07, 6.45) is 3.50. The second kappa shape index (κ2) is 3.05. The van der Waals surface area contributed by atoms with Crippen LogP contribution in [0, 0.1) is 0 Å². The van der Waals surface area contributed by atoms with Gasteiger partial charge in [0.05, 0.1) is 7.11 Å². The molecule has 62 valence electrons. The Kier molecular flexibility index (Phi) is 2.29. The molecule has 1 N–H and O–H groups in total. The molecule has 0 heterocycles. The lowest BCUT2D eigenvalue weighted by Gasteiger charge is -2.12. The SMILES string of the molecule is C=CCNC1(C(=O)OC)CC1. The van der Waals surface area contributed by atoms with Crippen LogP contribution in [0.5, 0.6) is 0 Å². The first kappa shape index (κ1) is 8.27. The summed E-state index contributed by atoms with van der Waals surface area (Å²) in [5.74, 6) is -0.153. The number of hydrogen-bond acceptors (Lipinski definition) is 3. The van der Waals surface area contributed by atoms with Crippen LogP contribution >= 0.6 is 0 Å². The Morgan fingerprint density at radius 3 is 2.82 bits per heavy atom. The maximum atomic E-state index is 11.1. The fraction of sp³-hybridized carbons (Fsp3) is 0.625. The van der Waals surface area contributed by atoms with E-state index in [0.717, 1.165) is 12.8 Å². The molecule has 0 radical (unpaired) electrons. The van der Waals surface area contributed by atoms with Crippen LogP contribution in [0.1, 0.15) is 12.8 Å². The van der Waals surface area contributed by atoms with E-state index in [9.17, 15) is 4.79 Å². The molecule has 0 amide bonds. The van der Waals surface area contributed by atoms with Gasteiger partial charge in [-0.1, -0.05) is 6.08 Å². The molecule has 0 unspecified atom stereocenters. The molecule has 0 aromatic heterocycles. The van der Waals surface area contributed by atoms with E-state index >= 15 is 0 Å². The fourth-order valence-electron chi connectivity index (χ4n) is 1.04. The Morgan fingerprint density at radius 1 is 1.82 bits per heavy atom. The van der Waals surface area contributed by atoms with Crippen molar-refractivity contribution in [2.24, 2.45) is 0 Å². The molecule has 11 heavy (non-hydrogen) atoms. The average Bonchev–Trinajstić information content (AvgIpc) is 2.80. The van der Waals surface area contributed by atoms with Gasteiger partial charge in [0.15, 0.2) is 0 Å². The van der Waals surface area contributed by atoms with E-state index in [0.29, 0.717) is 6.54 Å². The Balaban J connectivity index is 2.40. The third-order valence-electron chi connectivity index (χ3n) is 1.91. The van der Waals surface area contributed by atoms with Crippen molar-refractivity contribution >= 4 is 5.97 Å². The molecule has 1 aliphatic rings. The number of carbonyl (C=O) groups is 1. The molecular formula is C8H13NO2. The van der Waals surface area contributed by atoms with Gasteiger partial charge in [0.1, 0.15) is 5.54 Å². The summed E-state index contributed by atoms with van der Waals surface area (Å²) in [6.45, 7) is 4.22. The molecule has 3 heteroatoms. The molecule has 1 saturated carbocycles. The van der Waals surface area contributed by atoms with E-state index in [4.69, 9.17) is 0 Å². The van der Waals surface area contributed by atoms with Gasteiger partial charge in [-0.05, 0) is 12.8 Å². The fourth-order valence-corrected chi connectivity index (χ4v) is 1.04. The molecule has 0 atom stereocenters. The maximum absolute atomic E-state index is 11.1. The van der Waals surface area contributed by atoms with Crippen LogP contribution in [0.2, 0.25) is 0 Å². The predicted octanol–water partition coefficient (Wildman–Crippen LogP) is 0.468. The first-order chi connectivity index (χ1) is 5.25. The van der Waals surface area contributed by atoms with Crippen LogP contribution in [-0.2, 0) is 9.53 Å². The predicted molar refractivity (Wildman–Crippen MR) is 42.2 cm³/mol.